The zero-order valence-corrected chi connectivity index (χ0v) is 20.0. The normalized spacial score (nSPS) is 16.2. The topological polar surface area (TPSA) is 136 Å². The quantitative estimate of drug-likeness (QED) is 0.374. The first-order chi connectivity index (χ1) is 17.3. The highest BCUT2D eigenvalue weighted by molar-refractivity contribution is 7.89. The van der Waals surface area contributed by atoms with Crippen molar-refractivity contribution in [2.75, 3.05) is 13.1 Å². The summed E-state index contributed by atoms with van der Waals surface area (Å²) in [5.74, 6) is -0.580. The highest BCUT2D eigenvalue weighted by atomic mass is 32.2. The van der Waals surface area contributed by atoms with E-state index >= 15 is 0 Å². The molecule has 0 spiro atoms. The van der Waals surface area contributed by atoms with E-state index in [-0.39, 0.29) is 24.4 Å². The van der Waals surface area contributed by atoms with E-state index in [0.717, 1.165) is 11.1 Å². The van der Waals surface area contributed by atoms with Crippen molar-refractivity contribution in [3.8, 4) is 5.75 Å². The van der Waals surface area contributed by atoms with Crippen molar-refractivity contribution in [1.82, 2.24) is 14.3 Å². The molecular formula is C26H24N4O5S. The third-order valence-electron chi connectivity index (χ3n) is 6.23. The number of carbonyl (C=O) groups is 1. The Bertz CT molecular complexity index is 1520. The van der Waals surface area contributed by atoms with Crippen LogP contribution in [0.4, 0.5) is 0 Å². The molecule has 1 aliphatic rings. The first kappa shape index (κ1) is 23.9. The molecule has 2 heterocycles. The summed E-state index contributed by atoms with van der Waals surface area (Å²) < 4.78 is 34.7. The van der Waals surface area contributed by atoms with E-state index in [9.17, 15) is 13.2 Å². The van der Waals surface area contributed by atoms with Crippen molar-refractivity contribution in [2.45, 2.75) is 23.0 Å². The number of fused-ring (bicyclic) bond motifs is 1. The average molecular weight is 505 g/mol. The maximum atomic E-state index is 13.4. The zero-order chi connectivity index (χ0) is 25.3. The monoisotopic (exact) mass is 504 g/mol. The second-order valence-corrected chi connectivity index (χ2v) is 10.7. The SMILES string of the molecule is N[C@@H](Cc1cccc(S(=O)(=O)N2CC(Oc3ccc4nccnc4c3)(c3ccccc3)C2)c1)C(=O)O. The van der Waals surface area contributed by atoms with E-state index in [4.69, 9.17) is 15.6 Å². The molecule has 0 bridgehead atoms. The lowest BCUT2D eigenvalue weighted by Crippen LogP contribution is -2.64. The van der Waals surface area contributed by atoms with Crippen molar-refractivity contribution in [3.63, 3.8) is 0 Å². The summed E-state index contributed by atoms with van der Waals surface area (Å²) in [5.41, 5.74) is 7.56. The number of benzene rings is 3. The van der Waals surface area contributed by atoms with Crippen molar-refractivity contribution >= 4 is 27.0 Å². The number of hydrogen-bond acceptors (Lipinski definition) is 7. The van der Waals surface area contributed by atoms with E-state index in [0.29, 0.717) is 16.8 Å². The molecular weight excluding hydrogens is 480 g/mol. The van der Waals surface area contributed by atoms with Crippen LogP contribution in [0.15, 0.2) is 90.1 Å². The smallest absolute Gasteiger partial charge is 0.320 e. The molecule has 0 saturated carbocycles. The summed E-state index contributed by atoms with van der Waals surface area (Å²) >= 11 is 0. The Morgan fingerprint density at radius 3 is 2.44 bits per heavy atom. The number of hydrogen-bond donors (Lipinski definition) is 2. The molecule has 184 valence electrons. The molecule has 1 atom stereocenters. The Balaban J connectivity index is 1.42. The van der Waals surface area contributed by atoms with E-state index in [1.807, 2.05) is 36.4 Å². The Hall–Kier alpha value is -3.86. The van der Waals surface area contributed by atoms with Gasteiger partial charge in [0.1, 0.15) is 11.8 Å². The van der Waals surface area contributed by atoms with Crippen molar-refractivity contribution in [3.05, 3.63) is 96.3 Å². The lowest BCUT2D eigenvalue weighted by atomic mass is 9.87. The van der Waals surface area contributed by atoms with Gasteiger partial charge < -0.3 is 15.6 Å². The Morgan fingerprint density at radius 1 is 1.00 bits per heavy atom. The van der Waals surface area contributed by atoms with Gasteiger partial charge in [0, 0.05) is 18.5 Å². The van der Waals surface area contributed by atoms with E-state index in [1.165, 1.54) is 16.4 Å². The molecule has 3 aromatic carbocycles. The van der Waals surface area contributed by atoms with Crippen molar-refractivity contribution in [2.24, 2.45) is 5.73 Å². The molecule has 1 aromatic heterocycles. The fraction of sp³-hybridized carbons (Fsp3) is 0.192. The number of nitrogens with two attached hydrogens (primary N) is 1. The predicted octanol–water partition coefficient (Wildman–Crippen LogP) is 2.56. The number of sulfonamides is 1. The highest BCUT2D eigenvalue weighted by Gasteiger charge is 2.52. The van der Waals surface area contributed by atoms with Crippen LogP contribution in [-0.4, -0.2) is 52.9 Å². The first-order valence-corrected chi connectivity index (χ1v) is 12.7. The number of nitrogens with zero attached hydrogens (tertiary/aromatic N) is 3. The maximum absolute atomic E-state index is 13.4. The summed E-state index contributed by atoms with van der Waals surface area (Å²) in [6.45, 7) is 0.216. The molecule has 1 saturated heterocycles. The maximum Gasteiger partial charge on any atom is 0.320 e. The number of carboxylic acids is 1. The van der Waals surface area contributed by atoms with Gasteiger partial charge in [0.15, 0.2) is 5.60 Å². The van der Waals surface area contributed by atoms with Gasteiger partial charge in [-0.2, -0.15) is 4.31 Å². The van der Waals surface area contributed by atoms with Crippen LogP contribution < -0.4 is 10.5 Å². The molecule has 1 aliphatic heterocycles. The minimum atomic E-state index is -3.84. The lowest BCUT2D eigenvalue weighted by molar-refractivity contribution is -0.138. The first-order valence-electron chi connectivity index (χ1n) is 11.3. The Morgan fingerprint density at radius 2 is 1.72 bits per heavy atom. The third-order valence-corrected chi connectivity index (χ3v) is 8.01. The van der Waals surface area contributed by atoms with Crippen molar-refractivity contribution < 1.29 is 23.1 Å². The summed E-state index contributed by atoms with van der Waals surface area (Å²) in [6, 6.07) is 20.0. The standard InChI is InChI=1S/C26H24N4O5S/c27-22(25(31)32)14-18-5-4-8-21(13-18)36(33,34)30-16-26(17-30,19-6-2-1-3-7-19)35-20-9-10-23-24(15-20)29-12-11-28-23/h1-13,15,22H,14,16-17,27H2,(H,31,32)/t22-/m0/s1. The molecule has 5 rings (SSSR count). The van der Waals surface area contributed by atoms with E-state index < -0.39 is 27.6 Å². The number of aromatic nitrogens is 2. The van der Waals surface area contributed by atoms with Crippen LogP contribution in [0, 0.1) is 0 Å². The van der Waals surface area contributed by atoms with Crippen LogP contribution in [-0.2, 0) is 26.8 Å². The van der Waals surface area contributed by atoms with Crippen molar-refractivity contribution in [1.29, 1.82) is 0 Å². The van der Waals surface area contributed by atoms with Crippen LogP contribution in [0.5, 0.6) is 5.75 Å². The van der Waals surface area contributed by atoms with Crippen LogP contribution >= 0.6 is 0 Å². The van der Waals surface area contributed by atoms with Gasteiger partial charge in [0.25, 0.3) is 0 Å². The summed E-state index contributed by atoms with van der Waals surface area (Å²) in [6.07, 6.45) is 3.25. The number of rotatable bonds is 8. The fourth-order valence-electron chi connectivity index (χ4n) is 4.30. The lowest BCUT2D eigenvalue weighted by Gasteiger charge is -2.48. The average Bonchev–Trinajstić information content (AvgIpc) is 2.86. The number of ether oxygens (including phenoxy) is 1. The second kappa shape index (κ2) is 9.30. The second-order valence-electron chi connectivity index (χ2n) is 8.74. The van der Waals surface area contributed by atoms with Crippen LogP contribution in [0.2, 0.25) is 0 Å². The Kier molecular flexibility index (Phi) is 6.17. The highest BCUT2D eigenvalue weighted by Crippen LogP contribution is 2.40. The minimum Gasteiger partial charge on any atom is -0.480 e. The molecule has 0 aliphatic carbocycles. The number of aliphatic carboxylic acids is 1. The van der Waals surface area contributed by atoms with Gasteiger partial charge in [-0.1, -0.05) is 42.5 Å². The van der Waals surface area contributed by atoms with Gasteiger partial charge in [-0.15, -0.1) is 0 Å². The largest absolute Gasteiger partial charge is 0.480 e. The van der Waals surface area contributed by atoms with Gasteiger partial charge in [-0.05, 0) is 41.8 Å². The van der Waals surface area contributed by atoms with Gasteiger partial charge in [-0.3, -0.25) is 14.8 Å². The third kappa shape index (κ3) is 4.53. The fourth-order valence-corrected chi connectivity index (χ4v) is 5.90. The molecule has 10 heteroatoms. The van der Waals surface area contributed by atoms with E-state index in [2.05, 4.69) is 9.97 Å². The van der Waals surface area contributed by atoms with Crippen LogP contribution in [0.3, 0.4) is 0 Å². The summed E-state index contributed by atoms with van der Waals surface area (Å²) in [7, 11) is -3.84. The molecule has 0 radical (unpaired) electrons. The molecule has 0 unspecified atom stereocenters. The summed E-state index contributed by atoms with van der Waals surface area (Å²) in [4.78, 5) is 19.8. The minimum absolute atomic E-state index is 0.0284. The van der Waals surface area contributed by atoms with E-state index in [1.54, 1.807) is 36.7 Å². The van der Waals surface area contributed by atoms with Gasteiger partial charge >= 0.3 is 5.97 Å². The molecule has 0 amide bonds. The zero-order valence-electron chi connectivity index (χ0n) is 19.2. The van der Waals surface area contributed by atoms with Crippen LogP contribution in [0.1, 0.15) is 11.1 Å². The van der Waals surface area contributed by atoms with Gasteiger partial charge in [-0.25, -0.2) is 8.42 Å². The van der Waals surface area contributed by atoms with Gasteiger partial charge in [0.2, 0.25) is 10.0 Å². The summed E-state index contributed by atoms with van der Waals surface area (Å²) in [5, 5.41) is 9.08. The molecule has 3 N–H and O–H groups in total. The molecule has 9 nitrogen and oxygen atoms in total. The molecule has 36 heavy (non-hydrogen) atoms. The molecule has 4 aromatic rings. The Labute approximate surface area is 208 Å². The van der Waals surface area contributed by atoms with Gasteiger partial charge in [0.05, 0.1) is 29.0 Å². The number of carboxylic acid groups (broad SMARTS) is 1. The predicted molar refractivity (Wildman–Crippen MR) is 133 cm³/mol. The molecule has 1 fully saturated rings. The van der Waals surface area contributed by atoms with Crippen LogP contribution in [0.25, 0.3) is 11.0 Å².